The molecule has 1 aliphatic heterocycles. The number of rotatable bonds is 5. The summed E-state index contributed by atoms with van der Waals surface area (Å²) in [5.74, 6) is -0.796. The van der Waals surface area contributed by atoms with Gasteiger partial charge < -0.3 is 19.9 Å². The highest BCUT2D eigenvalue weighted by Gasteiger charge is 2.15. The fraction of sp³-hybridized carbons (Fsp3) is 0.500. The number of aryl methyl sites for hydroxylation is 2. The van der Waals surface area contributed by atoms with Crippen LogP contribution in [0.5, 0.6) is 0 Å². The van der Waals surface area contributed by atoms with Crippen LogP contribution in [0.4, 0.5) is 0 Å². The van der Waals surface area contributed by atoms with E-state index < -0.39 is 5.97 Å². The van der Waals surface area contributed by atoms with Crippen molar-refractivity contribution in [1.29, 1.82) is 0 Å². The molecule has 1 fully saturated rings. The summed E-state index contributed by atoms with van der Waals surface area (Å²) in [5.41, 5.74) is 4.70. The first-order valence-corrected chi connectivity index (χ1v) is 8.28. The second-order valence-electron chi connectivity index (χ2n) is 6.50. The number of fused-ring (bicyclic) bond motifs is 1. The molecule has 23 heavy (non-hydrogen) atoms. The van der Waals surface area contributed by atoms with E-state index in [9.17, 15) is 9.90 Å². The molecule has 0 radical (unpaired) electrons. The topological polar surface area (TPSA) is 57.5 Å². The van der Waals surface area contributed by atoms with E-state index in [0.717, 1.165) is 50.2 Å². The number of nitrogens with one attached hydrogen (secondary N) is 1. The number of hydrogen-bond donors (Lipinski definition) is 2. The van der Waals surface area contributed by atoms with Gasteiger partial charge in [-0.25, -0.2) is 0 Å². The van der Waals surface area contributed by atoms with Gasteiger partial charge in [-0.05, 0) is 37.5 Å². The molecule has 0 bridgehead atoms. The van der Waals surface area contributed by atoms with E-state index in [1.807, 2.05) is 10.8 Å². The molecule has 3 rings (SSSR count). The first-order valence-electron chi connectivity index (χ1n) is 8.28. The summed E-state index contributed by atoms with van der Waals surface area (Å²) >= 11 is 0. The van der Waals surface area contributed by atoms with Gasteiger partial charge in [-0.1, -0.05) is 11.6 Å². The minimum Gasteiger partial charge on any atom is -0.480 e. The third-order valence-corrected chi connectivity index (χ3v) is 4.60. The third kappa shape index (κ3) is 3.57. The van der Waals surface area contributed by atoms with E-state index in [0.29, 0.717) is 0 Å². The lowest BCUT2D eigenvalue weighted by Crippen LogP contribution is -2.44. The van der Waals surface area contributed by atoms with E-state index >= 15 is 0 Å². The van der Waals surface area contributed by atoms with Crippen molar-refractivity contribution in [2.45, 2.75) is 26.8 Å². The predicted octanol–water partition coefficient (Wildman–Crippen LogP) is 1.79. The van der Waals surface area contributed by atoms with Gasteiger partial charge in [0.15, 0.2) is 0 Å². The van der Waals surface area contributed by atoms with Gasteiger partial charge in [-0.15, -0.1) is 0 Å². The van der Waals surface area contributed by atoms with E-state index in [2.05, 4.69) is 36.2 Å². The van der Waals surface area contributed by atoms with Crippen molar-refractivity contribution in [3.05, 3.63) is 35.0 Å². The van der Waals surface area contributed by atoms with Crippen LogP contribution in [0, 0.1) is 13.8 Å². The highest BCUT2D eigenvalue weighted by molar-refractivity contribution is 5.88. The van der Waals surface area contributed by atoms with Crippen molar-refractivity contribution >= 4 is 16.9 Å². The minimum absolute atomic E-state index is 0.0219. The summed E-state index contributed by atoms with van der Waals surface area (Å²) in [7, 11) is 0. The van der Waals surface area contributed by atoms with Gasteiger partial charge in [0.25, 0.3) is 0 Å². The second-order valence-corrected chi connectivity index (χ2v) is 6.50. The number of benzene rings is 1. The predicted molar refractivity (Wildman–Crippen MR) is 92.1 cm³/mol. The van der Waals surface area contributed by atoms with Crippen LogP contribution in [-0.4, -0.2) is 53.3 Å². The van der Waals surface area contributed by atoms with Gasteiger partial charge in [0.2, 0.25) is 0 Å². The summed E-state index contributed by atoms with van der Waals surface area (Å²) in [6.45, 7) is 9.50. The summed E-state index contributed by atoms with van der Waals surface area (Å²) in [4.78, 5) is 13.6. The first-order chi connectivity index (χ1) is 11.0. The molecule has 0 unspecified atom stereocenters. The Morgan fingerprint density at radius 3 is 2.70 bits per heavy atom. The highest BCUT2D eigenvalue weighted by Crippen LogP contribution is 2.27. The van der Waals surface area contributed by atoms with E-state index in [1.54, 1.807) is 0 Å². The standard InChI is InChI=1S/C18H25N3O2/c1-13-9-14(2)18-16(10-13)15(11-21(18)12-17(22)23)3-6-20-7-4-19-5-8-20/h9-11,19H,3-8,12H2,1-2H3,(H,22,23). The lowest BCUT2D eigenvalue weighted by molar-refractivity contribution is -0.137. The number of carbonyl (C=O) groups is 1. The average molecular weight is 315 g/mol. The van der Waals surface area contributed by atoms with Crippen LogP contribution in [0.1, 0.15) is 16.7 Å². The zero-order valence-electron chi connectivity index (χ0n) is 13.9. The van der Waals surface area contributed by atoms with E-state index in [-0.39, 0.29) is 6.54 Å². The van der Waals surface area contributed by atoms with Crippen LogP contribution in [0.2, 0.25) is 0 Å². The Morgan fingerprint density at radius 1 is 1.26 bits per heavy atom. The second kappa shape index (κ2) is 6.72. The molecule has 1 aromatic carbocycles. The average Bonchev–Trinajstić information content (AvgIpc) is 2.83. The maximum atomic E-state index is 11.2. The van der Waals surface area contributed by atoms with Crippen molar-refractivity contribution in [3.8, 4) is 0 Å². The fourth-order valence-corrected chi connectivity index (χ4v) is 3.59. The van der Waals surface area contributed by atoms with Crippen molar-refractivity contribution < 1.29 is 9.90 Å². The number of nitrogens with zero attached hydrogens (tertiary/aromatic N) is 2. The summed E-state index contributed by atoms with van der Waals surface area (Å²) in [6.07, 6.45) is 3.00. The number of carboxylic acids is 1. The smallest absolute Gasteiger partial charge is 0.323 e. The van der Waals surface area contributed by atoms with Gasteiger partial charge in [-0.3, -0.25) is 4.79 Å². The van der Waals surface area contributed by atoms with Gasteiger partial charge in [0, 0.05) is 44.3 Å². The van der Waals surface area contributed by atoms with Crippen molar-refractivity contribution in [2.75, 3.05) is 32.7 Å². The highest BCUT2D eigenvalue weighted by atomic mass is 16.4. The number of aromatic nitrogens is 1. The Balaban J connectivity index is 1.90. The van der Waals surface area contributed by atoms with Crippen LogP contribution in [0.25, 0.3) is 10.9 Å². The van der Waals surface area contributed by atoms with Crippen molar-refractivity contribution in [3.63, 3.8) is 0 Å². The third-order valence-electron chi connectivity index (χ3n) is 4.60. The van der Waals surface area contributed by atoms with Gasteiger partial charge >= 0.3 is 5.97 Å². The van der Waals surface area contributed by atoms with E-state index in [4.69, 9.17) is 0 Å². The van der Waals surface area contributed by atoms with Crippen LogP contribution in [-0.2, 0) is 17.8 Å². The molecule has 5 nitrogen and oxygen atoms in total. The van der Waals surface area contributed by atoms with Gasteiger partial charge in [-0.2, -0.15) is 0 Å². The number of carboxylic acid groups (broad SMARTS) is 1. The molecule has 0 amide bonds. The zero-order valence-corrected chi connectivity index (χ0v) is 13.9. The van der Waals surface area contributed by atoms with Gasteiger partial charge in [0.1, 0.15) is 6.54 Å². The molecule has 2 aromatic rings. The molecule has 1 aromatic heterocycles. The molecule has 2 heterocycles. The molecule has 0 saturated carbocycles. The van der Waals surface area contributed by atoms with Crippen LogP contribution >= 0.6 is 0 Å². The molecule has 0 spiro atoms. The zero-order chi connectivity index (χ0) is 16.4. The Labute approximate surface area is 136 Å². The van der Waals surface area contributed by atoms with Gasteiger partial charge in [0.05, 0.1) is 5.52 Å². The lowest BCUT2D eigenvalue weighted by Gasteiger charge is -2.26. The molecule has 124 valence electrons. The Kier molecular flexibility index (Phi) is 4.68. The molecule has 5 heteroatoms. The van der Waals surface area contributed by atoms with Crippen molar-refractivity contribution in [2.24, 2.45) is 0 Å². The fourth-order valence-electron chi connectivity index (χ4n) is 3.59. The largest absolute Gasteiger partial charge is 0.480 e. The summed E-state index contributed by atoms with van der Waals surface area (Å²) < 4.78 is 1.89. The van der Waals surface area contributed by atoms with Crippen LogP contribution in [0.3, 0.4) is 0 Å². The molecular formula is C18H25N3O2. The van der Waals surface area contributed by atoms with Crippen molar-refractivity contribution in [1.82, 2.24) is 14.8 Å². The van der Waals surface area contributed by atoms with Crippen LogP contribution < -0.4 is 5.32 Å². The normalized spacial score (nSPS) is 16.1. The molecule has 1 aliphatic rings. The summed E-state index contributed by atoms with van der Waals surface area (Å²) in [6, 6.07) is 4.31. The number of aliphatic carboxylic acids is 1. The van der Waals surface area contributed by atoms with E-state index in [1.165, 1.54) is 16.5 Å². The maximum absolute atomic E-state index is 11.2. The SMILES string of the molecule is Cc1cc(C)c2c(c1)c(CCN1CCNCC1)cn2CC(=O)O. The Bertz CT molecular complexity index is 715. The Hall–Kier alpha value is -1.85. The molecule has 2 N–H and O–H groups in total. The molecule has 0 aliphatic carbocycles. The quantitative estimate of drug-likeness (QED) is 0.883. The molecular weight excluding hydrogens is 290 g/mol. The monoisotopic (exact) mass is 315 g/mol. The minimum atomic E-state index is -0.796. The first kappa shape index (κ1) is 16.0. The molecule has 1 saturated heterocycles. The number of piperazine rings is 1. The Morgan fingerprint density at radius 2 is 2.00 bits per heavy atom. The summed E-state index contributed by atoms with van der Waals surface area (Å²) in [5, 5.41) is 13.8. The molecule has 0 atom stereocenters. The lowest BCUT2D eigenvalue weighted by atomic mass is 10.0. The van der Waals surface area contributed by atoms with Crippen LogP contribution in [0.15, 0.2) is 18.3 Å². The maximum Gasteiger partial charge on any atom is 0.323 e. The number of hydrogen-bond acceptors (Lipinski definition) is 3.